The van der Waals surface area contributed by atoms with Crippen molar-refractivity contribution in [1.29, 1.82) is 0 Å². The maximum absolute atomic E-state index is 6.16. The number of rotatable bonds is 4. The van der Waals surface area contributed by atoms with Crippen LogP contribution < -0.4 is 5.73 Å². The fourth-order valence-corrected chi connectivity index (χ4v) is 1.77. The Morgan fingerprint density at radius 2 is 2.28 bits per heavy atom. The van der Waals surface area contributed by atoms with Gasteiger partial charge < -0.3 is 10.5 Å². The van der Waals surface area contributed by atoms with Crippen molar-refractivity contribution in [2.75, 3.05) is 12.8 Å². The summed E-state index contributed by atoms with van der Waals surface area (Å²) in [6.45, 7) is 2.48. The van der Waals surface area contributed by atoms with E-state index in [1.54, 1.807) is 17.9 Å². The van der Waals surface area contributed by atoms with E-state index in [2.05, 4.69) is 15.5 Å². The van der Waals surface area contributed by atoms with Gasteiger partial charge in [0.2, 0.25) is 0 Å². The summed E-state index contributed by atoms with van der Waals surface area (Å²) in [5.41, 5.74) is 6.99. The van der Waals surface area contributed by atoms with E-state index in [1.807, 2.05) is 19.1 Å². The Morgan fingerprint density at radius 3 is 3.00 bits per heavy atom. The molecule has 18 heavy (non-hydrogen) atoms. The maximum atomic E-state index is 6.16. The summed E-state index contributed by atoms with van der Waals surface area (Å²) in [6, 6.07) is 5.38. The minimum atomic E-state index is 0.00656. The first-order valence-corrected chi connectivity index (χ1v) is 5.84. The highest BCUT2D eigenvalue weighted by Crippen LogP contribution is 2.30. The van der Waals surface area contributed by atoms with Crippen molar-refractivity contribution in [2.24, 2.45) is 0 Å². The molecule has 0 amide bonds. The van der Waals surface area contributed by atoms with Gasteiger partial charge in [0.25, 0.3) is 0 Å². The van der Waals surface area contributed by atoms with Crippen LogP contribution in [-0.4, -0.2) is 33.4 Å². The highest BCUT2D eigenvalue weighted by Gasteiger charge is 2.15. The second kappa shape index (κ2) is 5.32. The second-order valence-electron chi connectivity index (χ2n) is 3.94. The summed E-state index contributed by atoms with van der Waals surface area (Å²) < 4.78 is 6.84. The van der Waals surface area contributed by atoms with Gasteiger partial charge in [-0.05, 0) is 29.5 Å². The van der Waals surface area contributed by atoms with E-state index in [0.717, 1.165) is 0 Å². The quantitative estimate of drug-likeness (QED) is 0.852. The Morgan fingerprint density at radius 1 is 1.50 bits per heavy atom. The molecule has 0 spiro atoms. The molecule has 1 heterocycles. The maximum Gasteiger partial charge on any atom is 0.183 e. The molecule has 7 heteroatoms. The molecule has 0 saturated carbocycles. The van der Waals surface area contributed by atoms with Crippen LogP contribution in [0.1, 0.15) is 6.92 Å². The van der Waals surface area contributed by atoms with Crippen molar-refractivity contribution < 1.29 is 4.74 Å². The molecule has 0 aliphatic carbocycles. The molecule has 1 aromatic heterocycles. The van der Waals surface area contributed by atoms with Gasteiger partial charge in [-0.15, -0.1) is 5.10 Å². The van der Waals surface area contributed by atoms with Crippen molar-refractivity contribution in [3.63, 3.8) is 0 Å². The number of nitrogen functional groups attached to an aromatic ring is 1. The molecular weight excluding hydrogens is 254 g/mol. The minimum Gasteiger partial charge on any atom is -0.398 e. The number of hydrogen-bond donors (Lipinski definition) is 1. The van der Waals surface area contributed by atoms with Gasteiger partial charge in [0.15, 0.2) is 5.82 Å². The smallest absolute Gasteiger partial charge is 0.183 e. The molecule has 2 aromatic rings. The number of methoxy groups -OCH3 is 1. The van der Waals surface area contributed by atoms with E-state index in [4.69, 9.17) is 22.1 Å². The summed E-state index contributed by atoms with van der Waals surface area (Å²) in [5, 5.41) is 12.0. The molecule has 2 N–H and O–H groups in total. The third-order valence-electron chi connectivity index (χ3n) is 2.63. The molecule has 2 rings (SSSR count). The lowest BCUT2D eigenvalue weighted by molar-refractivity contribution is 0.0997. The van der Waals surface area contributed by atoms with Gasteiger partial charge >= 0.3 is 0 Å². The van der Waals surface area contributed by atoms with Crippen molar-refractivity contribution in [1.82, 2.24) is 20.2 Å². The topological polar surface area (TPSA) is 78.8 Å². The molecule has 0 fully saturated rings. The van der Waals surface area contributed by atoms with E-state index < -0.39 is 0 Å². The Bertz CT molecular complexity index is 542. The predicted molar refractivity (Wildman–Crippen MR) is 69.1 cm³/mol. The third-order valence-corrected chi connectivity index (χ3v) is 3.06. The summed E-state index contributed by atoms with van der Waals surface area (Å²) in [7, 11) is 1.64. The van der Waals surface area contributed by atoms with E-state index in [-0.39, 0.29) is 6.10 Å². The van der Waals surface area contributed by atoms with Gasteiger partial charge in [-0.25, -0.2) is 4.68 Å². The zero-order valence-electron chi connectivity index (χ0n) is 10.2. The van der Waals surface area contributed by atoms with Crippen LogP contribution in [0.25, 0.3) is 11.4 Å². The number of ether oxygens (including phenoxy) is 1. The molecule has 1 atom stereocenters. The van der Waals surface area contributed by atoms with E-state index in [1.165, 1.54) is 0 Å². The van der Waals surface area contributed by atoms with Crippen LogP contribution in [-0.2, 0) is 11.3 Å². The highest BCUT2D eigenvalue weighted by molar-refractivity contribution is 6.35. The Kier molecular flexibility index (Phi) is 3.78. The van der Waals surface area contributed by atoms with Crippen LogP contribution in [0.15, 0.2) is 18.2 Å². The first-order chi connectivity index (χ1) is 8.63. The minimum absolute atomic E-state index is 0.00656. The Balaban J connectivity index is 2.39. The molecule has 1 unspecified atom stereocenters. The third kappa shape index (κ3) is 2.44. The predicted octanol–water partition coefficient (Wildman–Crippen LogP) is 1.61. The molecule has 0 saturated heterocycles. The first-order valence-electron chi connectivity index (χ1n) is 5.46. The van der Waals surface area contributed by atoms with Crippen molar-refractivity contribution in [3.8, 4) is 11.4 Å². The normalized spacial score (nSPS) is 12.6. The lowest BCUT2D eigenvalue weighted by atomic mass is 10.2. The van der Waals surface area contributed by atoms with Gasteiger partial charge in [-0.2, -0.15) is 0 Å². The number of halogens is 1. The average molecular weight is 268 g/mol. The van der Waals surface area contributed by atoms with Gasteiger partial charge in [0.1, 0.15) is 0 Å². The van der Waals surface area contributed by atoms with Crippen LogP contribution in [0.4, 0.5) is 5.69 Å². The van der Waals surface area contributed by atoms with Gasteiger partial charge in [-0.3, -0.25) is 0 Å². The van der Waals surface area contributed by atoms with Gasteiger partial charge in [0.05, 0.1) is 23.4 Å². The Labute approximate surface area is 110 Å². The van der Waals surface area contributed by atoms with Crippen LogP contribution in [0.3, 0.4) is 0 Å². The van der Waals surface area contributed by atoms with Crippen molar-refractivity contribution in [3.05, 3.63) is 23.2 Å². The van der Waals surface area contributed by atoms with Gasteiger partial charge in [-0.1, -0.05) is 17.7 Å². The molecule has 0 bridgehead atoms. The molecule has 6 nitrogen and oxygen atoms in total. The molecule has 0 radical (unpaired) electrons. The monoisotopic (exact) mass is 267 g/mol. The second-order valence-corrected chi connectivity index (χ2v) is 4.32. The lowest BCUT2D eigenvalue weighted by Crippen LogP contribution is -2.16. The first kappa shape index (κ1) is 12.8. The summed E-state index contributed by atoms with van der Waals surface area (Å²) in [5.74, 6) is 0.580. The van der Waals surface area contributed by atoms with Crippen LogP contribution in [0, 0.1) is 0 Å². The SMILES string of the molecule is COC(C)Cn1nnnc1-c1cccc(N)c1Cl. The average Bonchev–Trinajstić information content (AvgIpc) is 2.80. The molecular formula is C11H14ClN5O. The zero-order chi connectivity index (χ0) is 13.1. The summed E-state index contributed by atoms with van der Waals surface area (Å²) >= 11 is 6.16. The summed E-state index contributed by atoms with van der Waals surface area (Å²) in [6.07, 6.45) is 0.00656. The summed E-state index contributed by atoms with van der Waals surface area (Å²) in [4.78, 5) is 0. The molecule has 0 aliphatic heterocycles. The fourth-order valence-electron chi connectivity index (χ4n) is 1.56. The number of nitrogens with two attached hydrogens (primary N) is 1. The van der Waals surface area contributed by atoms with E-state index >= 15 is 0 Å². The highest BCUT2D eigenvalue weighted by atomic mass is 35.5. The number of benzene rings is 1. The van der Waals surface area contributed by atoms with Gasteiger partial charge in [0, 0.05) is 12.7 Å². The largest absolute Gasteiger partial charge is 0.398 e. The standard InChI is InChI=1S/C11H14ClN5O/c1-7(18-2)6-17-11(14-15-16-17)8-4-3-5-9(13)10(8)12/h3-5,7H,6,13H2,1-2H3. The lowest BCUT2D eigenvalue weighted by Gasteiger charge is -2.11. The van der Waals surface area contributed by atoms with Crippen LogP contribution >= 0.6 is 11.6 Å². The van der Waals surface area contributed by atoms with Crippen LogP contribution in [0.5, 0.6) is 0 Å². The van der Waals surface area contributed by atoms with Crippen molar-refractivity contribution in [2.45, 2.75) is 19.6 Å². The zero-order valence-corrected chi connectivity index (χ0v) is 10.9. The number of aromatic nitrogens is 4. The number of tetrazole rings is 1. The van der Waals surface area contributed by atoms with E-state index in [0.29, 0.717) is 28.6 Å². The fraction of sp³-hybridized carbons (Fsp3) is 0.364. The Hall–Kier alpha value is -1.66. The molecule has 96 valence electrons. The number of anilines is 1. The van der Waals surface area contributed by atoms with E-state index in [9.17, 15) is 0 Å². The van der Waals surface area contributed by atoms with Crippen LogP contribution in [0.2, 0.25) is 5.02 Å². The molecule has 0 aliphatic rings. The number of nitrogens with zero attached hydrogens (tertiary/aromatic N) is 4. The number of hydrogen-bond acceptors (Lipinski definition) is 5. The van der Waals surface area contributed by atoms with Crippen molar-refractivity contribution >= 4 is 17.3 Å². The molecule has 1 aromatic carbocycles.